The Balaban J connectivity index is 1.64. The average Bonchev–Trinajstić information content (AvgIpc) is 3.02. The van der Waals surface area contributed by atoms with Gasteiger partial charge in [-0.15, -0.1) is 0 Å². The number of hydrogen-bond acceptors (Lipinski definition) is 3. The number of nitrogens with one attached hydrogen (secondary N) is 1. The summed E-state index contributed by atoms with van der Waals surface area (Å²) in [5, 5.41) is 7.02. The van der Waals surface area contributed by atoms with Crippen molar-refractivity contribution in [1.29, 1.82) is 0 Å². The van der Waals surface area contributed by atoms with Gasteiger partial charge in [0.15, 0.2) is 5.78 Å². The highest BCUT2D eigenvalue weighted by molar-refractivity contribution is 5.98. The second kappa shape index (κ2) is 8.39. The number of hydrogen-bond donors (Lipinski definition) is 1. The molecule has 0 aliphatic carbocycles. The van der Waals surface area contributed by atoms with E-state index in [-0.39, 0.29) is 23.8 Å². The van der Waals surface area contributed by atoms with Crippen LogP contribution in [0.1, 0.15) is 52.1 Å². The summed E-state index contributed by atoms with van der Waals surface area (Å²) >= 11 is 0. The molecule has 2 heterocycles. The number of aromatic nitrogens is 2. The fourth-order valence-electron chi connectivity index (χ4n) is 3.83. The summed E-state index contributed by atoms with van der Waals surface area (Å²) in [6.45, 7) is 4.60. The van der Waals surface area contributed by atoms with Crippen LogP contribution in [0.2, 0.25) is 0 Å². The third kappa shape index (κ3) is 4.86. The smallest absolute Gasteiger partial charge is 0.342 e. The maximum absolute atomic E-state index is 12.9. The fraction of sp³-hybridized carbons (Fsp3) is 0.476. The largest absolute Gasteiger partial charge is 0.416 e. The number of amides is 1. The van der Waals surface area contributed by atoms with E-state index in [9.17, 15) is 22.8 Å². The number of H-pyrrole nitrogens is 1. The third-order valence-corrected chi connectivity index (χ3v) is 5.49. The predicted octanol–water partition coefficient (Wildman–Crippen LogP) is 4.10. The Morgan fingerprint density at radius 2 is 2.03 bits per heavy atom. The van der Waals surface area contributed by atoms with E-state index in [2.05, 4.69) is 10.2 Å². The number of piperidine rings is 1. The second-order valence-corrected chi connectivity index (χ2v) is 7.53. The molecule has 1 aromatic heterocycles. The zero-order valence-electron chi connectivity index (χ0n) is 16.5. The Hall–Kier alpha value is -2.64. The normalized spacial score (nSPS) is 17.4. The molecule has 1 aromatic carbocycles. The van der Waals surface area contributed by atoms with Crippen LogP contribution >= 0.6 is 0 Å². The predicted molar refractivity (Wildman–Crippen MR) is 101 cm³/mol. The van der Waals surface area contributed by atoms with Crippen molar-refractivity contribution in [2.45, 2.75) is 45.7 Å². The van der Waals surface area contributed by atoms with Crippen molar-refractivity contribution >= 4 is 11.7 Å². The molecule has 3 rings (SSSR count). The number of ketones is 1. The van der Waals surface area contributed by atoms with E-state index in [0.29, 0.717) is 32.2 Å². The van der Waals surface area contributed by atoms with Gasteiger partial charge in [-0.2, -0.15) is 18.3 Å². The first-order valence-electron chi connectivity index (χ1n) is 9.66. The molecule has 29 heavy (non-hydrogen) atoms. The standard InChI is InChI=1S/C21H24F3N3O2/c1-13-18(14(2)26-25-13)8-9-19(28)27-10-4-6-16(12-27)20(29)15-5-3-7-17(11-15)21(22,23)24/h3,5,7,11,16H,4,6,8-10,12H2,1-2H3,(H,25,26). The lowest BCUT2D eigenvalue weighted by Crippen LogP contribution is -2.42. The van der Waals surface area contributed by atoms with Gasteiger partial charge in [0.2, 0.25) is 5.91 Å². The summed E-state index contributed by atoms with van der Waals surface area (Å²) in [4.78, 5) is 27.1. The van der Waals surface area contributed by atoms with Crippen molar-refractivity contribution in [1.82, 2.24) is 15.1 Å². The molecule has 1 aliphatic heterocycles. The van der Waals surface area contributed by atoms with E-state index >= 15 is 0 Å². The first kappa shape index (κ1) is 21.1. The Labute approximate surface area is 167 Å². The van der Waals surface area contributed by atoms with Crippen molar-refractivity contribution < 1.29 is 22.8 Å². The maximum Gasteiger partial charge on any atom is 0.416 e. The van der Waals surface area contributed by atoms with E-state index in [1.54, 1.807) is 4.90 Å². The lowest BCUT2D eigenvalue weighted by Gasteiger charge is -2.32. The third-order valence-electron chi connectivity index (χ3n) is 5.49. The molecule has 8 heteroatoms. The monoisotopic (exact) mass is 407 g/mol. The first-order valence-corrected chi connectivity index (χ1v) is 9.66. The van der Waals surface area contributed by atoms with E-state index in [1.807, 2.05) is 13.8 Å². The number of carbonyl (C=O) groups is 2. The maximum atomic E-state index is 12.9. The van der Waals surface area contributed by atoms with Crippen LogP contribution in [0.15, 0.2) is 24.3 Å². The number of alkyl halides is 3. The average molecular weight is 407 g/mol. The summed E-state index contributed by atoms with van der Waals surface area (Å²) in [5.41, 5.74) is 2.03. The van der Waals surface area contributed by atoms with Gasteiger partial charge in [-0.05, 0) is 50.8 Å². The Morgan fingerprint density at radius 1 is 1.28 bits per heavy atom. The zero-order valence-corrected chi connectivity index (χ0v) is 16.5. The van der Waals surface area contributed by atoms with Crippen LogP contribution in [0.5, 0.6) is 0 Å². The van der Waals surface area contributed by atoms with Crippen LogP contribution in [-0.4, -0.2) is 39.9 Å². The molecule has 5 nitrogen and oxygen atoms in total. The summed E-state index contributed by atoms with van der Waals surface area (Å²) in [6, 6.07) is 4.50. The SMILES string of the molecule is Cc1n[nH]c(C)c1CCC(=O)N1CCCC(C(=O)c2cccc(C(F)(F)F)c2)C1. The number of likely N-dealkylation sites (tertiary alicyclic amines) is 1. The number of carbonyl (C=O) groups excluding carboxylic acids is 2. The van der Waals surface area contributed by atoms with Crippen LogP contribution in [0.25, 0.3) is 0 Å². The minimum Gasteiger partial charge on any atom is -0.342 e. The number of nitrogens with zero attached hydrogens (tertiary/aromatic N) is 2. The van der Waals surface area contributed by atoms with Gasteiger partial charge in [0.05, 0.1) is 11.3 Å². The topological polar surface area (TPSA) is 66.1 Å². The second-order valence-electron chi connectivity index (χ2n) is 7.53. The van der Waals surface area contributed by atoms with Crippen LogP contribution in [0.3, 0.4) is 0 Å². The van der Waals surface area contributed by atoms with Gasteiger partial charge in [-0.3, -0.25) is 14.7 Å². The molecule has 1 saturated heterocycles. The molecule has 0 radical (unpaired) electrons. The highest BCUT2D eigenvalue weighted by Gasteiger charge is 2.33. The summed E-state index contributed by atoms with van der Waals surface area (Å²) in [5.74, 6) is -0.866. The molecule has 1 amide bonds. The van der Waals surface area contributed by atoms with Crippen LogP contribution < -0.4 is 0 Å². The van der Waals surface area contributed by atoms with Crippen molar-refractivity contribution in [2.75, 3.05) is 13.1 Å². The number of benzene rings is 1. The molecule has 0 spiro atoms. The van der Waals surface area contributed by atoms with Crippen LogP contribution in [0.4, 0.5) is 13.2 Å². The highest BCUT2D eigenvalue weighted by atomic mass is 19.4. The summed E-state index contributed by atoms with van der Waals surface area (Å²) in [6.07, 6.45) is -2.39. The minimum atomic E-state index is -4.49. The van der Waals surface area contributed by atoms with E-state index in [0.717, 1.165) is 29.1 Å². The minimum absolute atomic E-state index is 0.0452. The van der Waals surface area contributed by atoms with E-state index in [1.165, 1.54) is 12.1 Å². The first-order chi connectivity index (χ1) is 13.7. The van der Waals surface area contributed by atoms with Crippen molar-refractivity contribution in [3.05, 3.63) is 52.3 Å². The van der Waals surface area contributed by atoms with Gasteiger partial charge < -0.3 is 4.90 Å². The van der Waals surface area contributed by atoms with Crippen LogP contribution in [-0.2, 0) is 17.4 Å². The van der Waals surface area contributed by atoms with Gasteiger partial charge in [-0.25, -0.2) is 0 Å². The van der Waals surface area contributed by atoms with E-state index in [4.69, 9.17) is 0 Å². The highest BCUT2D eigenvalue weighted by Crippen LogP contribution is 2.31. The van der Waals surface area contributed by atoms with Gasteiger partial charge in [0.25, 0.3) is 0 Å². The molecular weight excluding hydrogens is 383 g/mol. The Kier molecular flexibility index (Phi) is 6.10. The zero-order chi connectivity index (χ0) is 21.2. The fourth-order valence-corrected chi connectivity index (χ4v) is 3.83. The Morgan fingerprint density at radius 3 is 2.69 bits per heavy atom. The summed E-state index contributed by atoms with van der Waals surface area (Å²) in [7, 11) is 0. The molecule has 156 valence electrons. The molecule has 1 aliphatic rings. The molecule has 2 aromatic rings. The lowest BCUT2D eigenvalue weighted by molar-refractivity contribution is -0.137. The number of rotatable bonds is 5. The van der Waals surface area contributed by atoms with Gasteiger partial charge in [-0.1, -0.05) is 12.1 Å². The van der Waals surface area contributed by atoms with Crippen molar-refractivity contribution in [3.63, 3.8) is 0 Å². The molecule has 0 bridgehead atoms. The molecule has 1 fully saturated rings. The van der Waals surface area contributed by atoms with Crippen molar-refractivity contribution in [2.24, 2.45) is 5.92 Å². The molecule has 1 atom stereocenters. The molecular formula is C21H24F3N3O2. The van der Waals surface area contributed by atoms with Crippen LogP contribution in [0, 0.1) is 19.8 Å². The van der Waals surface area contributed by atoms with Gasteiger partial charge in [0.1, 0.15) is 0 Å². The van der Waals surface area contributed by atoms with Gasteiger partial charge in [0, 0.05) is 36.7 Å². The quantitative estimate of drug-likeness (QED) is 0.759. The van der Waals surface area contributed by atoms with Crippen molar-refractivity contribution in [3.8, 4) is 0 Å². The van der Waals surface area contributed by atoms with Gasteiger partial charge >= 0.3 is 6.18 Å². The number of halogens is 3. The molecule has 1 unspecified atom stereocenters. The lowest BCUT2D eigenvalue weighted by atomic mass is 9.89. The number of aryl methyl sites for hydroxylation is 2. The molecule has 1 N–H and O–H groups in total. The summed E-state index contributed by atoms with van der Waals surface area (Å²) < 4.78 is 38.8. The number of aromatic amines is 1. The Bertz CT molecular complexity index is 885. The van der Waals surface area contributed by atoms with E-state index < -0.39 is 17.7 Å². The molecule has 0 saturated carbocycles. The number of Topliss-reactive ketones (excluding diaryl/α,β-unsaturated/α-hetero) is 1.